The van der Waals surface area contributed by atoms with Gasteiger partial charge in [0.15, 0.2) is 0 Å². The topological polar surface area (TPSA) is 76.4 Å². The second-order valence-corrected chi connectivity index (χ2v) is 6.59. The highest BCUT2D eigenvalue weighted by atomic mass is 19.1. The number of hydrogen-bond acceptors (Lipinski definition) is 3. The lowest BCUT2D eigenvalue weighted by molar-refractivity contribution is 0.0169. The molecule has 140 valence electrons. The van der Waals surface area contributed by atoms with E-state index >= 15 is 0 Å². The molecule has 2 N–H and O–H groups in total. The van der Waals surface area contributed by atoms with Crippen molar-refractivity contribution in [3.05, 3.63) is 59.9 Å². The molecule has 0 spiro atoms. The van der Waals surface area contributed by atoms with Gasteiger partial charge in [-0.05, 0) is 23.6 Å². The lowest BCUT2D eigenvalue weighted by Crippen LogP contribution is -2.67. The van der Waals surface area contributed by atoms with E-state index in [1.54, 1.807) is 30.3 Å². The standard InChI is InChI=1S/C21H22FN3O2/c1-2-11-24-21(27)25-18(12-23)20(19(25)13-26)15-9-7-14(8-10-15)16-5-3-4-6-17(16)22/h3-10,18-20,26H,2,11,13H2,1H3,(H,24,27)/t18-,19+,20+/m0/s1. The van der Waals surface area contributed by atoms with E-state index in [2.05, 4.69) is 11.4 Å². The molecule has 1 aliphatic heterocycles. The van der Waals surface area contributed by atoms with Crippen LogP contribution < -0.4 is 5.32 Å². The number of carbonyl (C=O) groups excluding carboxylic acids is 1. The summed E-state index contributed by atoms with van der Waals surface area (Å²) in [5.74, 6) is -0.571. The fraction of sp³-hybridized carbons (Fsp3) is 0.333. The molecule has 0 aromatic heterocycles. The fourth-order valence-electron chi connectivity index (χ4n) is 3.59. The predicted molar refractivity (Wildman–Crippen MR) is 100 cm³/mol. The minimum atomic E-state index is -0.640. The number of carbonyl (C=O) groups is 1. The fourth-order valence-corrected chi connectivity index (χ4v) is 3.59. The van der Waals surface area contributed by atoms with Crippen molar-refractivity contribution < 1.29 is 14.3 Å². The monoisotopic (exact) mass is 367 g/mol. The molecule has 1 aliphatic rings. The second-order valence-electron chi connectivity index (χ2n) is 6.59. The Kier molecular flexibility index (Phi) is 5.72. The summed E-state index contributed by atoms with van der Waals surface area (Å²) in [6.45, 7) is 2.24. The first-order valence-corrected chi connectivity index (χ1v) is 9.03. The summed E-state index contributed by atoms with van der Waals surface area (Å²) in [5.41, 5.74) is 2.09. The normalized spacial score (nSPS) is 21.3. The van der Waals surface area contributed by atoms with Crippen molar-refractivity contribution in [2.75, 3.05) is 13.2 Å². The van der Waals surface area contributed by atoms with Crippen LogP contribution >= 0.6 is 0 Å². The smallest absolute Gasteiger partial charge is 0.318 e. The lowest BCUT2D eigenvalue weighted by Gasteiger charge is -2.51. The lowest BCUT2D eigenvalue weighted by atomic mass is 9.76. The van der Waals surface area contributed by atoms with E-state index in [1.165, 1.54) is 11.0 Å². The van der Waals surface area contributed by atoms with Crippen LogP contribution in [0.1, 0.15) is 24.8 Å². The molecule has 1 fully saturated rings. The average molecular weight is 367 g/mol. The number of rotatable bonds is 5. The number of halogens is 1. The third-order valence-electron chi connectivity index (χ3n) is 4.97. The van der Waals surface area contributed by atoms with Gasteiger partial charge in [-0.3, -0.25) is 0 Å². The largest absolute Gasteiger partial charge is 0.394 e. The van der Waals surface area contributed by atoms with Crippen molar-refractivity contribution >= 4 is 6.03 Å². The average Bonchev–Trinajstić information content (AvgIpc) is 2.67. The third kappa shape index (κ3) is 3.51. The Bertz CT molecular complexity index is 847. The first kappa shape index (κ1) is 18.9. The Morgan fingerprint density at radius 3 is 2.56 bits per heavy atom. The van der Waals surface area contributed by atoms with Gasteiger partial charge in [-0.1, -0.05) is 49.4 Å². The van der Waals surface area contributed by atoms with Crippen LogP contribution in [-0.2, 0) is 0 Å². The molecule has 0 radical (unpaired) electrons. The summed E-state index contributed by atoms with van der Waals surface area (Å²) < 4.78 is 14.0. The van der Waals surface area contributed by atoms with Gasteiger partial charge in [0.05, 0.1) is 18.7 Å². The van der Waals surface area contributed by atoms with Crippen molar-refractivity contribution in [3.8, 4) is 17.2 Å². The number of nitrogens with one attached hydrogen (secondary N) is 1. The number of aliphatic hydroxyl groups excluding tert-OH is 1. The summed E-state index contributed by atoms with van der Waals surface area (Å²) in [5, 5.41) is 22.1. The number of aliphatic hydroxyl groups is 1. The van der Waals surface area contributed by atoms with Crippen molar-refractivity contribution in [2.24, 2.45) is 0 Å². The van der Waals surface area contributed by atoms with E-state index in [-0.39, 0.29) is 24.4 Å². The van der Waals surface area contributed by atoms with Crippen LogP contribution in [0.15, 0.2) is 48.5 Å². The number of hydrogen-bond donors (Lipinski definition) is 2. The van der Waals surface area contributed by atoms with Crippen LogP contribution in [0.5, 0.6) is 0 Å². The van der Waals surface area contributed by atoms with Crippen molar-refractivity contribution in [2.45, 2.75) is 31.3 Å². The minimum Gasteiger partial charge on any atom is -0.394 e. The maximum Gasteiger partial charge on any atom is 0.318 e. The van der Waals surface area contributed by atoms with Gasteiger partial charge in [-0.15, -0.1) is 0 Å². The van der Waals surface area contributed by atoms with Crippen LogP contribution in [0.25, 0.3) is 11.1 Å². The number of nitriles is 1. The first-order chi connectivity index (χ1) is 13.1. The number of likely N-dealkylation sites (tertiary alicyclic amines) is 1. The van der Waals surface area contributed by atoms with E-state index in [1.807, 2.05) is 19.1 Å². The molecular weight excluding hydrogens is 345 g/mol. The molecule has 27 heavy (non-hydrogen) atoms. The molecule has 3 atom stereocenters. The van der Waals surface area contributed by atoms with Crippen LogP contribution in [0.4, 0.5) is 9.18 Å². The zero-order chi connectivity index (χ0) is 19.4. The molecule has 5 nitrogen and oxygen atoms in total. The Morgan fingerprint density at radius 2 is 1.96 bits per heavy atom. The highest BCUT2D eigenvalue weighted by Gasteiger charge is 2.51. The van der Waals surface area contributed by atoms with Gasteiger partial charge in [-0.25, -0.2) is 9.18 Å². The predicted octanol–water partition coefficient (Wildman–Crippen LogP) is 3.26. The summed E-state index contributed by atoms with van der Waals surface area (Å²) in [7, 11) is 0. The summed E-state index contributed by atoms with van der Waals surface area (Å²) in [6, 6.07) is 14.6. The molecule has 2 amide bonds. The van der Waals surface area contributed by atoms with Gasteiger partial charge >= 0.3 is 6.03 Å². The third-order valence-corrected chi connectivity index (χ3v) is 4.97. The van der Waals surface area contributed by atoms with Gasteiger partial charge < -0.3 is 15.3 Å². The Morgan fingerprint density at radius 1 is 1.26 bits per heavy atom. The number of amides is 2. The van der Waals surface area contributed by atoms with E-state index in [0.717, 1.165) is 17.5 Å². The van der Waals surface area contributed by atoms with Gasteiger partial charge in [0, 0.05) is 18.0 Å². The van der Waals surface area contributed by atoms with E-state index < -0.39 is 12.1 Å². The van der Waals surface area contributed by atoms with Crippen LogP contribution in [0.2, 0.25) is 0 Å². The number of nitrogens with zero attached hydrogens (tertiary/aromatic N) is 2. The molecule has 1 saturated heterocycles. The summed E-state index contributed by atoms with van der Waals surface area (Å²) in [6.07, 6.45) is 0.793. The molecule has 0 bridgehead atoms. The van der Waals surface area contributed by atoms with Crippen LogP contribution in [-0.4, -0.2) is 41.3 Å². The van der Waals surface area contributed by atoms with Crippen molar-refractivity contribution in [1.82, 2.24) is 10.2 Å². The summed E-state index contributed by atoms with van der Waals surface area (Å²) in [4.78, 5) is 13.7. The summed E-state index contributed by atoms with van der Waals surface area (Å²) >= 11 is 0. The Hall–Kier alpha value is -2.91. The van der Waals surface area contributed by atoms with Gasteiger partial charge in [0.25, 0.3) is 0 Å². The Balaban J connectivity index is 1.82. The molecule has 6 heteroatoms. The quantitative estimate of drug-likeness (QED) is 0.852. The first-order valence-electron chi connectivity index (χ1n) is 9.03. The van der Waals surface area contributed by atoms with E-state index in [0.29, 0.717) is 12.1 Å². The molecule has 2 aromatic carbocycles. The molecule has 1 heterocycles. The zero-order valence-corrected chi connectivity index (χ0v) is 15.1. The molecule has 3 rings (SSSR count). The molecule has 0 unspecified atom stereocenters. The molecule has 0 aliphatic carbocycles. The maximum absolute atomic E-state index is 14.0. The van der Waals surface area contributed by atoms with Gasteiger partial charge in [0.2, 0.25) is 0 Å². The van der Waals surface area contributed by atoms with E-state index in [4.69, 9.17) is 0 Å². The van der Waals surface area contributed by atoms with Gasteiger partial charge in [0.1, 0.15) is 11.9 Å². The SMILES string of the molecule is CCCNC(=O)N1[C@H](CO)[C@H](c2ccc(-c3ccccc3F)cc2)[C@@H]1C#N. The highest BCUT2D eigenvalue weighted by molar-refractivity contribution is 5.77. The molecule has 0 saturated carbocycles. The van der Waals surface area contributed by atoms with Crippen molar-refractivity contribution in [3.63, 3.8) is 0 Å². The highest BCUT2D eigenvalue weighted by Crippen LogP contribution is 2.41. The van der Waals surface area contributed by atoms with E-state index in [9.17, 15) is 19.6 Å². The van der Waals surface area contributed by atoms with Crippen LogP contribution in [0, 0.1) is 17.1 Å². The maximum atomic E-state index is 14.0. The Labute approximate surface area is 158 Å². The number of urea groups is 1. The number of benzene rings is 2. The molecule has 2 aromatic rings. The minimum absolute atomic E-state index is 0.225. The molecular formula is C21H22FN3O2. The van der Waals surface area contributed by atoms with Gasteiger partial charge in [-0.2, -0.15) is 5.26 Å². The van der Waals surface area contributed by atoms with Crippen LogP contribution in [0.3, 0.4) is 0 Å². The zero-order valence-electron chi connectivity index (χ0n) is 15.1. The van der Waals surface area contributed by atoms with Crippen molar-refractivity contribution in [1.29, 1.82) is 5.26 Å². The second kappa shape index (κ2) is 8.19.